The lowest BCUT2D eigenvalue weighted by Gasteiger charge is -2.34. The van der Waals surface area contributed by atoms with E-state index < -0.39 is 10.0 Å². The molecule has 1 fully saturated rings. The first kappa shape index (κ1) is 18.3. The van der Waals surface area contributed by atoms with Gasteiger partial charge in [-0.2, -0.15) is 13.1 Å². The van der Waals surface area contributed by atoms with Gasteiger partial charge in [-0.25, -0.2) is 8.42 Å². The number of nitrogens with zero attached hydrogens (tertiary/aromatic N) is 4. The van der Waals surface area contributed by atoms with Gasteiger partial charge < -0.3 is 4.90 Å². The molecule has 0 atom stereocenters. The van der Waals surface area contributed by atoms with Gasteiger partial charge in [-0.05, 0) is 30.3 Å². The molecular formula is C17H15ClN4O3S2. The van der Waals surface area contributed by atoms with Crippen LogP contribution in [-0.4, -0.2) is 58.5 Å². The van der Waals surface area contributed by atoms with Crippen molar-refractivity contribution >= 4 is 50.3 Å². The summed E-state index contributed by atoms with van der Waals surface area (Å²) in [4.78, 5) is 14.4. The summed E-state index contributed by atoms with van der Waals surface area (Å²) >= 11 is 6.93. The summed E-state index contributed by atoms with van der Waals surface area (Å²) in [5, 5.41) is 0.493. The normalized spacial score (nSPS) is 16.0. The zero-order valence-corrected chi connectivity index (χ0v) is 16.5. The second-order valence-corrected chi connectivity index (χ2v) is 8.97. The van der Waals surface area contributed by atoms with Crippen molar-refractivity contribution in [3.05, 3.63) is 53.1 Å². The van der Waals surface area contributed by atoms with Crippen LogP contribution >= 0.6 is 23.3 Å². The van der Waals surface area contributed by atoms with Crippen LogP contribution in [0.2, 0.25) is 5.02 Å². The van der Waals surface area contributed by atoms with Gasteiger partial charge in [-0.1, -0.05) is 23.7 Å². The van der Waals surface area contributed by atoms with E-state index >= 15 is 0 Å². The third-order valence-corrected chi connectivity index (χ3v) is 7.17. The first-order chi connectivity index (χ1) is 13.0. The Kier molecular flexibility index (Phi) is 4.85. The van der Waals surface area contributed by atoms with E-state index in [2.05, 4.69) is 8.75 Å². The standard InChI is InChI=1S/C17H15ClN4O3S2/c18-13-4-1-3-12(11-13)17(23)21-7-9-22(10-8-21)27(24,25)15-6-2-5-14-16(15)20-26-19-14/h1-6,11H,7-10H2. The van der Waals surface area contributed by atoms with Gasteiger partial charge in [-0.3, -0.25) is 4.79 Å². The molecule has 1 aliphatic heterocycles. The van der Waals surface area contributed by atoms with E-state index in [1.165, 1.54) is 4.31 Å². The predicted molar refractivity (Wildman–Crippen MR) is 104 cm³/mol. The summed E-state index contributed by atoms with van der Waals surface area (Å²) in [6, 6.07) is 11.7. The average molecular weight is 423 g/mol. The van der Waals surface area contributed by atoms with E-state index in [9.17, 15) is 13.2 Å². The molecule has 2 heterocycles. The zero-order valence-electron chi connectivity index (χ0n) is 14.1. The van der Waals surface area contributed by atoms with Crippen LogP contribution in [0.3, 0.4) is 0 Å². The number of amides is 1. The zero-order chi connectivity index (χ0) is 19.0. The van der Waals surface area contributed by atoms with Gasteiger partial charge in [0.1, 0.15) is 15.9 Å². The molecule has 0 radical (unpaired) electrons. The molecular weight excluding hydrogens is 408 g/mol. The van der Waals surface area contributed by atoms with Crippen LogP contribution in [0.4, 0.5) is 0 Å². The molecule has 0 saturated carbocycles. The molecule has 0 N–H and O–H groups in total. The highest BCUT2D eigenvalue weighted by Crippen LogP contribution is 2.25. The lowest BCUT2D eigenvalue weighted by Crippen LogP contribution is -2.50. The van der Waals surface area contributed by atoms with Crippen molar-refractivity contribution in [2.45, 2.75) is 4.90 Å². The van der Waals surface area contributed by atoms with Crippen LogP contribution in [0.5, 0.6) is 0 Å². The van der Waals surface area contributed by atoms with E-state index in [0.717, 1.165) is 11.7 Å². The third kappa shape index (κ3) is 3.43. The summed E-state index contributed by atoms with van der Waals surface area (Å²) in [7, 11) is -3.70. The van der Waals surface area contributed by atoms with Gasteiger partial charge >= 0.3 is 0 Å². The molecule has 140 valence electrons. The third-order valence-electron chi connectivity index (χ3n) is 4.46. The number of piperazine rings is 1. The number of carbonyl (C=O) groups excluding carboxylic acids is 1. The van der Waals surface area contributed by atoms with Gasteiger partial charge in [0.25, 0.3) is 5.91 Å². The van der Waals surface area contributed by atoms with Crippen LogP contribution < -0.4 is 0 Å². The Balaban J connectivity index is 1.52. The summed E-state index contributed by atoms with van der Waals surface area (Å²) in [6.45, 7) is 1.08. The van der Waals surface area contributed by atoms with E-state index in [-0.39, 0.29) is 23.9 Å². The molecule has 10 heteroatoms. The molecule has 1 aromatic heterocycles. The number of hydrogen-bond acceptors (Lipinski definition) is 6. The number of fused-ring (bicyclic) bond motifs is 1. The molecule has 1 saturated heterocycles. The number of rotatable bonds is 3. The fourth-order valence-corrected chi connectivity index (χ4v) is 5.43. The first-order valence-corrected chi connectivity index (χ1v) is 10.8. The fraction of sp³-hybridized carbons (Fsp3) is 0.235. The number of aromatic nitrogens is 2. The molecule has 4 rings (SSSR count). The van der Waals surface area contributed by atoms with Gasteiger partial charge in [0.05, 0.1) is 11.7 Å². The van der Waals surface area contributed by atoms with Gasteiger partial charge in [0.2, 0.25) is 10.0 Å². The summed E-state index contributed by atoms with van der Waals surface area (Å²) in [5.41, 5.74) is 1.45. The van der Waals surface area contributed by atoms with Crippen molar-refractivity contribution in [2.75, 3.05) is 26.2 Å². The van der Waals surface area contributed by atoms with E-state index in [1.54, 1.807) is 47.4 Å². The number of hydrogen-bond donors (Lipinski definition) is 0. The molecule has 27 heavy (non-hydrogen) atoms. The Morgan fingerprint density at radius 2 is 1.78 bits per heavy atom. The quantitative estimate of drug-likeness (QED) is 0.647. The van der Waals surface area contributed by atoms with Crippen molar-refractivity contribution in [1.29, 1.82) is 0 Å². The molecule has 1 amide bonds. The van der Waals surface area contributed by atoms with Crippen molar-refractivity contribution < 1.29 is 13.2 Å². The Morgan fingerprint density at radius 1 is 1.04 bits per heavy atom. The van der Waals surface area contributed by atoms with E-state index in [0.29, 0.717) is 34.7 Å². The second kappa shape index (κ2) is 7.16. The highest BCUT2D eigenvalue weighted by molar-refractivity contribution is 7.89. The van der Waals surface area contributed by atoms with Crippen molar-refractivity contribution in [1.82, 2.24) is 18.0 Å². The number of sulfonamides is 1. The Labute approximate surface area is 165 Å². The lowest BCUT2D eigenvalue weighted by molar-refractivity contribution is 0.0698. The van der Waals surface area contributed by atoms with Crippen LogP contribution in [0.25, 0.3) is 11.0 Å². The minimum atomic E-state index is -3.70. The highest BCUT2D eigenvalue weighted by atomic mass is 35.5. The summed E-state index contributed by atoms with van der Waals surface area (Å²) in [5.74, 6) is -0.152. The minimum Gasteiger partial charge on any atom is -0.336 e. The SMILES string of the molecule is O=C(c1cccc(Cl)c1)N1CCN(S(=O)(=O)c2cccc3nsnc23)CC1. The van der Waals surface area contributed by atoms with E-state index in [4.69, 9.17) is 11.6 Å². The highest BCUT2D eigenvalue weighted by Gasteiger charge is 2.32. The first-order valence-electron chi connectivity index (χ1n) is 8.23. The average Bonchev–Trinajstić information content (AvgIpc) is 3.16. The molecule has 0 bridgehead atoms. The molecule has 2 aromatic carbocycles. The second-order valence-electron chi connectivity index (χ2n) is 6.09. The van der Waals surface area contributed by atoms with Crippen LogP contribution in [-0.2, 0) is 10.0 Å². The lowest BCUT2D eigenvalue weighted by atomic mass is 10.2. The monoisotopic (exact) mass is 422 g/mol. The predicted octanol–water partition coefficient (Wildman–Crippen LogP) is 2.49. The Bertz CT molecular complexity index is 1110. The minimum absolute atomic E-state index is 0.152. The van der Waals surface area contributed by atoms with E-state index in [1.807, 2.05) is 0 Å². The van der Waals surface area contributed by atoms with Crippen LogP contribution in [0, 0.1) is 0 Å². The maximum atomic E-state index is 13.0. The maximum Gasteiger partial charge on any atom is 0.253 e. The number of carbonyl (C=O) groups is 1. The smallest absolute Gasteiger partial charge is 0.253 e. The van der Waals surface area contributed by atoms with Gasteiger partial charge in [0, 0.05) is 36.8 Å². The van der Waals surface area contributed by atoms with Gasteiger partial charge in [-0.15, -0.1) is 0 Å². The Morgan fingerprint density at radius 3 is 2.52 bits per heavy atom. The van der Waals surface area contributed by atoms with Crippen molar-refractivity contribution in [3.63, 3.8) is 0 Å². The van der Waals surface area contributed by atoms with Crippen LogP contribution in [0.1, 0.15) is 10.4 Å². The topological polar surface area (TPSA) is 83.5 Å². The van der Waals surface area contributed by atoms with Crippen molar-refractivity contribution in [2.24, 2.45) is 0 Å². The number of halogens is 1. The van der Waals surface area contributed by atoms with Crippen LogP contribution in [0.15, 0.2) is 47.4 Å². The van der Waals surface area contributed by atoms with Crippen molar-refractivity contribution in [3.8, 4) is 0 Å². The Hall–Kier alpha value is -2.07. The molecule has 3 aromatic rings. The summed E-state index contributed by atoms with van der Waals surface area (Å²) < 4.78 is 35.7. The molecule has 0 aliphatic carbocycles. The molecule has 1 aliphatic rings. The van der Waals surface area contributed by atoms with Gasteiger partial charge in [0.15, 0.2) is 0 Å². The molecule has 0 unspecified atom stereocenters. The molecule has 7 nitrogen and oxygen atoms in total. The number of benzene rings is 2. The largest absolute Gasteiger partial charge is 0.336 e. The molecule has 0 spiro atoms. The maximum absolute atomic E-state index is 13.0. The summed E-state index contributed by atoms with van der Waals surface area (Å²) in [6.07, 6.45) is 0. The fourth-order valence-electron chi connectivity index (χ4n) is 3.06.